The average molecular weight is 527 g/mol. The van der Waals surface area contributed by atoms with Gasteiger partial charge in [-0.1, -0.05) is 57.2 Å². The van der Waals surface area contributed by atoms with Crippen molar-refractivity contribution in [3.05, 3.63) is 48.6 Å². The van der Waals surface area contributed by atoms with Crippen molar-refractivity contribution in [1.29, 1.82) is 0 Å². The lowest BCUT2D eigenvalue weighted by molar-refractivity contribution is -0.156. The van der Waals surface area contributed by atoms with E-state index in [4.69, 9.17) is 4.74 Å². The van der Waals surface area contributed by atoms with E-state index >= 15 is 0 Å². The number of amides is 2. The van der Waals surface area contributed by atoms with Crippen molar-refractivity contribution in [3.63, 3.8) is 0 Å². The molecule has 1 aromatic carbocycles. The topological polar surface area (TPSA) is 107 Å². The Labute approximate surface area is 225 Å². The molecule has 8 heteroatoms. The molecular weight excluding hydrogens is 484 g/mol. The standard InChI is InChI=1S/C30H42N2O6/c1-7-15-31(29(5,6)18-28(2,3)4)26(35)24-30-14-13-21(38-30)22(27(36)37)23(30)25(34)32(24)20(17-33)16-19-11-9-8-10-12-19/h7-12,20-24,33H,1,13-18H2,2-6H3,(H,36,37)/t20-,21+,22-,23+,24?,30?/m1/s1. The van der Waals surface area contributed by atoms with E-state index in [2.05, 4.69) is 27.4 Å². The molecule has 3 fully saturated rings. The summed E-state index contributed by atoms with van der Waals surface area (Å²) in [5.74, 6) is -3.76. The van der Waals surface area contributed by atoms with E-state index in [0.717, 1.165) is 5.56 Å². The summed E-state index contributed by atoms with van der Waals surface area (Å²) in [7, 11) is 0. The van der Waals surface area contributed by atoms with Crippen molar-refractivity contribution in [2.45, 2.75) is 89.6 Å². The van der Waals surface area contributed by atoms with Crippen LogP contribution >= 0.6 is 0 Å². The first-order valence-corrected chi connectivity index (χ1v) is 13.6. The van der Waals surface area contributed by atoms with Crippen molar-refractivity contribution in [3.8, 4) is 0 Å². The van der Waals surface area contributed by atoms with E-state index in [1.807, 2.05) is 44.2 Å². The second-order valence-corrected chi connectivity index (χ2v) is 13.0. The Bertz CT molecular complexity index is 1080. The Kier molecular flexibility index (Phi) is 7.53. The monoisotopic (exact) mass is 526 g/mol. The highest BCUT2D eigenvalue weighted by Gasteiger charge is 2.75. The highest BCUT2D eigenvalue weighted by atomic mass is 16.5. The van der Waals surface area contributed by atoms with Gasteiger partial charge in [-0.25, -0.2) is 0 Å². The predicted octanol–water partition coefficient (Wildman–Crippen LogP) is 3.28. The highest BCUT2D eigenvalue weighted by molar-refractivity contribution is 5.98. The van der Waals surface area contributed by atoms with Gasteiger partial charge in [-0.2, -0.15) is 0 Å². The lowest BCUT2D eigenvalue weighted by Gasteiger charge is -2.46. The Morgan fingerprint density at radius 1 is 1.24 bits per heavy atom. The van der Waals surface area contributed by atoms with Crippen molar-refractivity contribution in [1.82, 2.24) is 9.80 Å². The number of aliphatic hydroxyl groups is 1. The molecule has 2 N–H and O–H groups in total. The van der Waals surface area contributed by atoms with Crippen LogP contribution in [0.2, 0.25) is 0 Å². The number of fused-ring (bicyclic) bond motifs is 1. The first-order chi connectivity index (χ1) is 17.8. The zero-order valence-corrected chi connectivity index (χ0v) is 23.2. The van der Waals surface area contributed by atoms with Crippen LogP contribution in [0.15, 0.2) is 43.0 Å². The number of hydrogen-bond donors (Lipinski definition) is 2. The molecule has 2 bridgehead atoms. The summed E-state index contributed by atoms with van der Waals surface area (Å²) in [5.41, 5.74) is -0.976. The molecule has 0 saturated carbocycles. The molecule has 0 aliphatic carbocycles. The van der Waals surface area contributed by atoms with E-state index in [1.54, 1.807) is 11.0 Å². The summed E-state index contributed by atoms with van der Waals surface area (Å²) in [6, 6.07) is 7.76. The average Bonchev–Trinajstić information content (AvgIpc) is 3.47. The second kappa shape index (κ2) is 10.1. The highest BCUT2D eigenvalue weighted by Crippen LogP contribution is 2.59. The van der Waals surface area contributed by atoms with Gasteiger partial charge in [0.1, 0.15) is 11.6 Å². The third kappa shape index (κ3) is 4.77. The fraction of sp³-hybridized carbons (Fsp3) is 0.633. The number of carboxylic acid groups (broad SMARTS) is 1. The number of carboxylic acids is 1. The van der Waals surface area contributed by atoms with Crippen molar-refractivity contribution < 1.29 is 29.3 Å². The van der Waals surface area contributed by atoms with Gasteiger partial charge in [0.15, 0.2) is 0 Å². The largest absolute Gasteiger partial charge is 0.481 e. The normalized spacial score (nSPS) is 29.3. The molecule has 3 heterocycles. The van der Waals surface area contributed by atoms with E-state index < -0.39 is 53.0 Å². The number of aliphatic hydroxyl groups excluding tert-OH is 1. The Balaban J connectivity index is 1.81. The molecule has 3 aliphatic heterocycles. The van der Waals surface area contributed by atoms with Crippen LogP contribution in [0.4, 0.5) is 0 Å². The first kappa shape index (κ1) is 28.3. The Morgan fingerprint density at radius 3 is 2.45 bits per heavy atom. The van der Waals surface area contributed by atoms with Crippen LogP contribution < -0.4 is 0 Å². The minimum absolute atomic E-state index is 0.0765. The molecule has 6 atom stereocenters. The van der Waals surface area contributed by atoms with Crippen LogP contribution in [0, 0.1) is 17.3 Å². The number of rotatable bonds is 10. The summed E-state index contributed by atoms with van der Waals surface area (Å²) in [6.45, 7) is 14.2. The van der Waals surface area contributed by atoms with Crippen LogP contribution in [-0.4, -0.2) is 80.3 Å². The van der Waals surface area contributed by atoms with Gasteiger partial charge in [0.25, 0.3) is 0 Å². The maximum absolute atomic E-state index is 14.7. The summed E-state index contributed by atoms with van der Waals surface area (Å²) < 4.78 is 6.38. The van der Waals surface area contributed by atoms with Gasteiger partial charge in [-0.15, -0.1) is 6.58 Å². The minimum Gasteiger partial charge on any atom is -0.481 e. The smallest absolute Gasteiger partial charge is 0.310 e. The molecule has 8 nitrogen and oxygen atoms in total. The molecule has 3 saturated heterocycles. The molecule has 208 valence electrons. The zero-order chi connectivity index (χ0) is 28.0. The van der Waals surface area contributed by atoms with Crippen LogP contribution in [0.3, 0.4) is 0 Å². The Hall–Kier alpha value is -2.71. The van der Waals surface area contributed by atoms with Gasteiger partial charge in [0.05, 0.1) is 30.6 Å². The minimum atomic E-state index is -1.23. The molecule has 3 aliphatic rings. The number of carbonyl (C=O) groups excluding carboxylic acids is 2. The summed E-state index contributed by atoms with van der Waals surface area (Å²) in [5, 5.41) is 20.6. The van der Waals surface area contributed by atoms with Crippen molar-refractivity contribution in [2.75, 3.05) is 13.2 Å². The molecule has 1 aromatic rings. The van der Waals surface area contributed by atoms with Gasteiger partial charge in [0.2, 0.25) is 11.8 Å². The van der Waals surface area contributed by atoms with Crippen molar-refractivity contribution in [2.24, 2.45) is 17.3 Å². The lowest BCUT2D eigenvalue weighted by atomic mass is 9.70. The van der Waals surface area contributed by atoms with Gasteiger partial charge in [-0.05, 0) is 50.5 Å². The maximum Gasteiger partial charge on any atom is 0.310 e. The van der Waals surface area contributed by atoms with Gasteiger partial charge in [0, 0.05) is 12.1 Å². The fourth-order valence-electron chi connectivity index (χ4n) is 7.49. The summed E-state index contributed by atoms with van der Waals surface area (Å²) >= 11 is 0. The maximum atomic E-state index is 14.7. The van der Waals surface area contributed by atoms with Crippen LogP contribution in [0.1, 0.15) is 59.4 Å². The molecule has 38 heavy (non-hydrogen) atoms. The van der Waals surface area contributed by atoms with E-state index in [1.165, 1.54) is 4.90 Å². The predicted molar refractivity (Wildman–Crippen MR) is 143 cm³/mol. The zero-order valence-electron chi connectivity index (χ0n) is 23.2. The quantitative estimate of drug-likeness (QED) is 0.453. The van der Waals surface area contributed by atoms with E-state index in [0.29, 0.717) is 25.7 Å². The number of likely N-dealkylation sites (tertiary alicyclic amines) is 1. The number of carbonyl (C=O) groups is 3. The van der Waals surface area contributed by atoms with E-state index in [-0.39, 0.29) is 24.5 Å². The molecule has 2 unspecified atom stereocenters. The molecule has 1 spiro atoms. The first-order valence-electron chi connectivity index (χ1n) is 13.6. The molecular formula is C30H42N2O6. The second-order valence-electron chi connectivity index (χ2n) is 13.0. The van der Waals surface area contributed by atoms with Crippen LogP contribution in [0.25, 0.3) is 0 Å². The molecule has 2 amide bonds. The molecule has 0 aromatic heterocycles. The van der Waals surface area contributed by atoms with Gasteiger partial charge in [-0.3, -0.25) is 14.4 Å². The third-order valence-electron chi connectivity index (χ3n) is 8.45. The summed E-state index contributed by atoms with van der Waals surface area (Å²) in [4.78, 5) is 44.4. The van der Waals surface area contributed by atoms with Crippen LogP contribution in [-0.2, 0) is 25.5 Å². The molecule has 4 rings (SSSR count). The lowest BCUT2D eigenvalue weighted by Crippen LogP contribution is -2.62. The Morgan fingerprint density at radius 2 is 1.89 bits per heavy atom. The number of aliphatic carboxylic acids is 1. The number of ether oxygens (including phenoxy) is 1. The summed E-state index contributed by atoms with van der Waals surface area (Å²) in [6.07, 6.45) is 3.02. The van der Waals surface area contributed by atoms with Crippen molar-refractivity contribution >= 4 is 17.8 Å². The fourth-order valence-corrected chi connectivity index (χ4v) is 7.49. The van der Waals surface area contributed by atoms with Crippen LogP contribution in [0.5, 0.6) is 0 Å². The number of hydrogen-bond acceptors (Lipinski definition) is 5. The van der Waals surface area contributed by atoms with Gasteiger partial charge >= 0.3 is 5.97 Å². The van der Waals surface area contributed by atoms with E-state index in [9.17, 15) is 24.6 Å². The number of benzene rings is 1. The number of nitrogens with zero attached hydrogens (tertiary/aromatic N) is 2. The SMILES string of the molecule is C=CCN(C(=O)C1N([C@@H](CO)Cc2ccccc2)C(=O)[C@@H]2[C@H](C(=O)O)[C@@H]3CCC12O3)C(C)(C)CC(C)(C)C. The third-order valence-corrected chi connectivity index (χ3v) is 8.45. The van der Waals surface area contributed by atoms with Gasteiger partial charge < -0.3 is 24.7 Å². The molecule has 0 radical (unpaired) electrons.